The molecule has 6 heteroatoms. The maximum Gasteiger partial charge on any atom is 0.416 e. The Morgan fingerprint density at radius 3 is 2.62 bits per heavy atom. The number of fused-ring (bicyclic) bond motifs is 3. The first-order valence-corrected chi connectivity index (χ1v) is 7.28. The van der Waals surface area contributed by atoms with Gasteiger partial charge in [-0.3, -0.25) is 0 Å². The highest BCUT2D eigenvalue weighted by molar-refractivity contribution is 5.79. The van der Waals surface area contributed by atoms with Crippen molar-refractivity contribution >= 4 is 17.0 Å². The van der Waals surface area contributed by atoms with Crippen molar-refractivity contribution in [3.63, 3.8) is 0 Å². The topological polar surface area (TPSA) is 43.8 Å². The average molecular weight is 295 g/mol. The van der Waals surface area contributed by atoms with Gasteiger partial charge in [-0.05, 0) is 49.3 Å². The first-order chi connectivity index (χ1) is 9.93. The molecule has 2 bridgehead atoms. The first kappa shape index (κ1) is 13.0. The summed E-state index contributed by atoms with van der Waals surface area (Å²) in [4.78, 5) is 4.16. The molecule has 2 N–H and O–H groups in total. The Bertz CT molecular complexity index is 704. The van der Waals surface area contributed by atoms with Crippen LogP contribution in [0.2, 0.25) is 0 Å². The van der Waals surface area contributed by atoms with Crippen molar-refractivity contribution in [2.75, 3.05) is 5.73 Å². The Kier molecular flexibility index (Phi) is 2.56. The molecule has 2 aliphatic carbocycles. The molecule has 0 aliphatic heterocycles. The van der Waals surface area contributed by atoms with Crippen molar-refractivity contribution < 1.29 is 13.2 Å². The fraction of sp³-hybridized carbons (Fsp3) is 0.533. The minimum absolute atomic E-state index is 0.297. The monoisotopic (exact) mass is 295 g/mol. The van der Waals surface area contributed by atoms with E-state index in [1.165, 1.54) is 25.3 Å². The van der Waals surface area contributed by atoms with Gasteiger partial charge >= 0.3 is 6.18 Å². The second kappa shape index (κ2) is 4.15. The van der Waals surface area contributed by atoms with E-state index in [1.807, 2.05) is 4.57 Å². The minimum Gasteiger partial charge on any atom is -0.369 e. The molecular weight excluding hydrogens is 279 g/mol. The number of anilines is 1. The summed E-state index contributed by atoms with van der Waals surface area (Å²) >= 11 is 0. The van der Waals surface area contributed by atoms with E-state index in [4.69, 9.17) is 5.73 Å². The number of hydrogen-bond donors (Lipinski definition) is 1. The lowest BCUT2D eigenvalue weighted by atomic mass is 9.95. The molecule has 0 radical (unpaired) electrons. The number of nitrogen functional groups attached to an aromatic ring is 1. The lowest BCUT2D eigenvalue weighted by molar-refractivity contribution is -0.137. The number of rotatable bonds is 1. The van der Waals surface area contributed by atoms with Crippen LogP contribution in [0.3, 0.4) is 0 Å². The number of alkyl halides is 3. The minimum atomic E-state index is -4.35. The zero-order valence-corrected chi connectivity index (χ0v) is 11.4. The Morgan fingerprint density at radius 2 is 2.00 bits per heavy atom. The maximum absolute atomic E-state index is 12.8. The summed E-state index contributed by atoms with van der Waals surface area (Å²) in [6, 6.07) is 4.02. The number of nitrogens with two attached hydrogens (primary N) is 1. The fourth-order valence-electron chi connectivity index (χ4n) is 4.17. The molecule has 21 heavy (non-hydrogen) atoms. The molecule has 2 saturated carbocycles. The van der Waals surface area contributed by atoms with Crippen molar-refractivity contribution in [3.8, 4) is 0 Å². The van der Waals surface area contributed by atoms with Gasteiger partial charge in [0.25, 0.3) is 0 Å². The van der Waals surface area contributed by atoms with Crippen LogP contribution in [0.4, 0.5) is 19.1 Å². The van der Waals surface area contributed by atoms with Gasteiger partial charge in [0.1, 0.15) is 0 Å². The second-order valence-corrected chi connectivity index (χ2v) is 6.28. The van der Waals surface area contributed by atoms with Crippen LogP contribution in [0.25, 0.3) is 11.0 Å². The van der Waals surface area contributed by atoms with E-state index < -0.39 is 11.7 Å². The molecule has 1 heterocycles. The standard InChI is InChI=1S/C15H16F3N3/c16-15(17,18)10-3-4-12-11(7-10)20-14(19)21(12)13-6-8-1-2-9(13)5-8/h3-4,7-9,13H,1-2,5-6H2,(H2,19,20). The number of hydrogen-bond acceptors (Lipinski definition) is 2. The fourth-order valence-corrected chi connectivity index (χ4v) is 4.17. The van der Waals surface area contributed by atoms with Crippen LogP contribution in [0.15, 0.2) is 18.2 Å². The summed E-state index contributed by atoms with van der Waals surface area (Å²) in [5.41, 5.74) is 6.38. The van der Waals surface area contributed by atoms with E-state index in [2.05, 4.69) is 4.98 Å². The Morgan fingerprint density at radius 1 is 1.19 bits per heavy atom. The molecule has 0 spiro atoms. The van der Waals surface area contributed by atoms with Crippen LogP contribution in [0.5, 0.6) is 0 Å². The summed E-state index contributed by atoms with van der Waals surface area (Å²) in [6.45, 7) is 0. The highest BCUT2D eigenvalue weighted by Crippen LogP contribution is 2.52. The van der Waals surface area contributed by atoms with Crippen LogP contribution in [-0.4, -0.2) is 9.55 Å². The van der Waals surface area contributed by atoms with Crippen LogP contribution >= 0.6 is 0 Å². The summed E-state index contributed by atoms with van der Waals surface area (Å²) in [6.07, 6.45) is 0.395. The van der Waals surface area contributed by atoms with E-state index in [0.29, 0.717) is 23.4 Å². The lowest BCUT2D eigenvalue weighted by Crippen LogP contribution is -2.18. The summed E-state index contributed by atoms with van der Waals surface area (Å²) in [7, 11) is 0. The third kappa shape index (κ3) is 1.92. The van der Waals surface area contributed by atoms with E-state index in [-0.39, 0.29) is 0 Å². The molecule has 4 rings (SSSR count). The smallest absolute Gasteiger partial charge is 0.369 e. The Balaban J connectivity index is 1.81. The molecule has 3 nitrogen and oxygen atoms in total. The number of nitrogens with zero attached hydrogens (tertiary/aromatic N) is 2. The van der Waals surface area contributed by atoms with Crippen LogP contribution in [0, 0.1) is 11.8 Å². The summed E-state index contributed by atoms with van der Waals surface area (Å²) in [5, 5.41) is 0. The van der Waals surface area contributed by atoms with Gasteiger partial charge in [0.05, 0.1) is 16.6 Å². The van der Waals surface area contributed by atoms with Gasteiger partial charge in [0.15, 0.2) is 0 Å². The van der Waals surface area contributed by atoms with Crippen LogP contribution in [-0.2, 0) is 6.18 Å². The van der Waals surface area contributed by atoms with Gasteiger partial charge in [-0.1, -0.05) is 6.42 Å². The quantitative estimate of drug-likeness (QED) is 0.864. The van der Waals surface area contributed by atoms with Gasteiger partial charge < -0.3 is 10.3 Å². The largest absolute Gasteiger partial charge is 0.416 e. The molecule has 0 amide bonds. The van der Waals surface area contributed by atoms with Crippen molar-refractivity contribution in [1.29, 1.82) is 0 Å². The average Bonchev–Trinajstić information content (AvgIpc) is 3.08. The van der Waals surface area contributed by atoms with Crippen LogP contribution < -0.4 is 5.73 Å². The highest BCUT2D eigenvalue weighted by Gasteiger charge is 2.41. The maximum atomic E-state index is 12.8. The highest BCUT2D eigenvalue weighted by atomic mass is 19.4. The zero-order valence-electron chi connectivity index (χ0n) is 11.4. The van der Waals surface area contributed by atoms with E-state index in [9.17, 15) is 13.2 Å². The number of imidazole rings is 1. The molecule has 3 atom stereocenters. The van der Waals surface area contributed by atoms with Crippen molar-refractivity contribution in [2.24, 2.45) is 11.8 Å². The Hall–Kier alpha value is -1.72. The summed E-state index contributed by atoms with van der Waals surface area (Å²) in [5.74, 6) is 1.67. The molecule has 3 unspecified atom stereocenters. The normalized spacial score (nSPS) is 28.6. The zero-order chi connectivity index (χ0) is 14.8. The van der Waals surface area contributed by atoms with Crippen LogP contribution in [0.1, 0.15) is 37.3 Å². The predicted octanol–water partition coefficient (Wildman–Crippen LogP) is 4.00. The Labute approximate surface area is 119 Å². The van der Waals surface area contributed by atoms with Gasteiger partial charge in [0.2, 0.25) is 5.95 Å². The molecular formula is C15H16F3N3. The lowest BCUT2D eigenvalue weighted by Gasteiger charge is -2.24. The van der Waals surface area contributed by atoms with Gasteiger partial charge in [0, 0.05) is 6.04 Å². The second-order valence-electron chi connectivity index (χ2n) is 6.28. The SMILES string of the molecule is Nc1nc2cc(C(F)(F)F)ccc2n1C1CC2CCC1C2. The van der Waals surface area contributed by atoms with E-state index in [0.717, 1.165) is 30.0 Å². The summed E-state index contributed by atoms with van der Waals surface area (Å²) < 4.78 is 40.3. The molecule has 2 aromatic rings. The third-order valence-corrected chi connectivity index (χ3v) is 5.08. The van der Waals surface area contributed by atoms with Crippen molar-refractivity contribution in [2.45, 2.75) is 37.9 Å². The van der Waals surface area contributed by atoms with Crippen molar-refractivity contribution in [1.82, 2.24) is 9.55 Å². The number of halogens is 3. The molecule has 112 valence electrons. The molecule has 2 fully saturated rings. The predicted molar refractivity (Wildman–Crippen MR) is 73.6 cm³/mol. The van der Waals surface area contributed by atoms with E-state index >= 15 is 0 Å². The molecule has 1 aromatic heterocycles. The van der Waals surface area contributed by atoms with Gasteiger partial charge in [-0.25, -0.2) is 4.98 Å². The third-order valence-electron chi connectivity index (χ3n) is 5.08. The number of benzene rings is 1. The van der Waals surface area contributed by atoms with E-state index in [1.54, 1.807) is 0 Å². The van der Waals surface area contributed by atoms with Crippen molar-refractivity contribution in [3.05, 3.63) is 23.8 Å². The first-order valence-electron chi connectivity index (χ1n) is 7.28. The molecule has 0 saturated heterocycles. The van der Waals surface area contributed by atoms with Gasteiger partial charge in [-0.15, -0.1) is 0 Å². The molecule has 1 aromatic carbocycles. The van der Waals surface area contributed by atoms with Gasteiger partial charge in [-0.2, -0.15) is 13.2 Å². The number of aromatic nitrogens is 2. The molecule has 2 aliphatic rings.